The lowest BCUT2D eigenvalue weighted by Crippen LogP contribution is -1.99. The van der Waals surface area contributed by atoms with Crippen molar-refractivity contribution in [3.8, 4) is 11.3 Å². The van der Waals surface area contributed by atoms with Crippen LogP contribution < -0.4 is 5.73 Å². The van der Waals surface area contributed by atoms with Gasteiger partial charge in [-0.1, -0.05) is 45.7 Å². The highest BCUT2D eigenvalue weighted by Gasteiger charge is 2.18. The van der Waals surface area contributed by atoms with Crippen LogP contribution in [0, 0.1) is 0 Å². The molecule has 4 rings (SSSR count). The van der Waals surface area contributed by atoms with Crippen molar-refractivity contribution in [3.63, 3.8) is 0 Å². The van der Waals surface area contributed by atoms with E-state index in [0.29, 0.717) is 0 Å². The van der Waals surface area contributed by atoms with Crippen LogP contribution in [0.1, 0.15) is 18.4 Å². The third kappa shape index (κ3) is 3.13. The predicted molar refractivity (Wildman–Crippen MR) is 114 cm³/mol. The molecule has 5 heteroatoms. The van der Waals surface area contributed by atoms with E-state index in [9.17, 15) is 0 Å². The van der Waals surface area contributed by atoms with E-state index in [2.05, 4.69) is 56.6 Å². The number of halogens is 2. The number of rotatable bonds is 5. The summed E-state index contributed by atoms with van der Waals surface area (Å²) in [5.41, 5.74) is 10.5. The van der Waals surface area contributed by atoms with Crippen LogP contribution in [0.3, 0.4) is 0 Å². The molecule has 2 aromatic carbocycles. The Bertz CT molecular complexity index is 1050. The number of hydrogen-bond donors (Lipinski definition) is 2. The summed E-state index contributed by atoms with van der Waals surface area (Å²) < 4.78 is 2.31. The molecule has 0 saturated heterocycles. The van der Waals surface area contributed by atoms with Crippen molar-refractivity contribution in [2.24, 2.45) is 5.73 Å². The smallest absolute Gasteiger partial charge is 0.0658 e. The van der Waals surface area contributed by atoms with Crippen LogP contribution in [-0.2, 0) is 6.42 Å². The van der Waals surface area contributed by atoms with Gasteiger partial charge >= 0.3 is 0 Å². The van der Waals surface area contributed by atoms with Gasteiger partial charge in [-0.15, -0.1) is 11.3 Å². The largest absolute Gasteiger partial charge is 0.353 e. The van der Waals surface area contributed by atoms with Crippen molar-refractivity contribution >= 4 is 59.9 Å². The van der Waals surface area contributed by atoms with E-state index in [-0.39, 0.29) is 0 Å². The maximum absolute atomic E-state index is 6.51. The van der Waals surface area contributed by atoms with Crippen molar-refractivity contribution in [1.82, 2.24) is 4.98 Å². The van der Waals surface area contributed by atoms with Crippen LogP contribution in [0.4, 0.5) is 0 Å². The van der Waals surface area contributed by atoms with E-state index in [1.807, 2.05) is 6.07 Å². The Kier molecular flexibility index (Phi) is 4.87. The Morgan fingerprint density at radius 2 is 1.96 bits per heavy atom. The third-order valence-electron chi connectivity index (χ3n) is 4.56. The van der Waals surface area contributed by atoms with Gasteiger partial charge in [0.2, 0.25) is 0 Å². The molecular formula is C20H18BrClN2S. The summed E-state index contributed by atoms with van der Waals surface area (Å²) in [4.78, 5) is 3.60. The first kappa shape index (κ1) is 17.1. The maximum atomic E-state index is 6.51. The minimum absolute atomic E-state index is 0.726. The Hall–Kier alpha value is -1.33. The molecule has 0 aliphatic heterocycles. The highest BCUT2D eigenvalue weighted by Crippen LogP contribution is 2.40. The highest BCUT2D eigenvalue weighted by molar-refractivity contribution is 9.10. The summed E-state index contributed by atoms with van der Waals surface area (Å²) in [6.07, 6.45) is 3.09. The molecule has 25 heavy (non-hydrogen) atoms. The lowest BCUT2D eigenvalue weighted by molar-refractivity contribution is 0.748. The first-order chi connectivity index (χ1) is 12.2. The number of H-pyrrole nitrogens is 1. The van der Waals surface area contributed by atoms with Crippen LogP contribution >= 0.6 is 38.9 Å². The van der Waals surface area contributed by atoms with Gasteiger partial charge in [-0.05, 0) is 49.6 Å². The quantitative estimate of drug-likeness (QED) is 0.336. The summed E-state index contributed by atoms with van der Waals surface area (Å²) in [5, 5.41) is 5.47. The number of fused-ring (bicyclic) bond motifs is 2. The zero-order valence-corrected chi connectivity index (χ0v) is 16.8. The number of hydrogen-bond acceptors (Lipinski definition) is 2. The van der Waals surface area contributed by atoms with Gasteiger partial charge in [0.1, 0.15) is 0 Å². The number of thiophene rings is 1. The molecule has 128 valence electrons. The topological polar surface area (TPSA) is 41.8 Å². The van der Waals surface area contributed by atoms with Gasteiger partial charge in [0, 0.05) is 30.9 Å². The number of unbranched alkanes of at least 4 members (excludes halogenated alkanes) is 1. The fourth-order valence-electron chi connectivity index (χ4n) is 3.38. The van der Waals surface area contributed by atoms with Gasteiger partial charge in [-0.2, -0.15) is 0 Å². The molecule has 0 aliphatic rings. The van der Waals surface area contributed by atoms with E-state index in [4.69, 9.17) is 17.3 Å². The normalized spacial score (nSPS) is 11.6. The number of aromatic amines is 1. The van der Waals surface area contributed by atoms with E-state index < -0.39 is 0 Å². The monoisotopic (exact) mass is 432 g/mol. The van der Waals surface area contributed by atoms with Crippen molar-refractivity contribution in [2.75, 3.05) is 6.54 Å². The molecule has 3 N–H and O–H groups in total. The van der Waals surface area contributed by atoms with E-state index in [1.165, 1.54) is 32.3 Å². The summed E-state index contributed by atoms with van der Waals surface area (Å²) >= 11 is 11.9. The minimum Gasteiger partial charge on any atom is -0.353 e. The van der Waals surface area contributed by atoms with E-state index in [0.717, 1.165) is 40.8 Å². The number of nitrogens with two attached hydrogens (primary N) is 1. The third-order valence-corrected chi connectivity index (χ3v) is 6.28. The van der Waals surface area contributed by atoms with Crippen LogP contribution in [-0.4, -0.2) is 11.5 Å². The summed E-state index contributed by atoms with van der Waals surface area (Å²) in [6.45, 7) is 0.726. The van der Waals surface area contributed by atoms with E-state index >= 15 is 0 Å². The van der Waals surface area contributed by atoms with Gasteiger partial charge in [0.05, 0.1) is 16.2 Å². The molecule has 2 heterocycles. The highest BCUT2D eigenvalue weighted by atomic mass is 79.9. The lowest BCUT2D eigenvalue weighted by Gasteiger charge is -2.05. The molecule has 0 spiro atoms. The number of benzene rings is 2. The predicted octanol–water partition coefficient (Wildman–Crippen LogP) is 6.75. The molecule has 0 bridgehead atoms. The fraction of sp³-hybridized carbons (Fsp3) is 0.200. The minimum atomic E-state index is 0.726. The second-order valence-corrected chi connectivity index (χ2v) is 8.41. The molecule has 0 radical (unpaired) electrons. The van der Waals surface area contributed by atoms with Crippen molar-refractivity contribution in [1.29, 1.82) is 0 Å². The summed E-state index contributed by atoms with van der Waals surface area (Å²) in [5.74, 6) is 0. The number of aryl methyl sites for hydroxylation is 1. The van der Waals surface area contributed by atoms with Crippen LogP contribution in [0.2, 0.25) is 5.02 Å². The van der Waals surface area contributed by atoms with Crippen molar-refractivity contribution < 1.29 is 0 Å². The SMILES string of the molecule is NCCCCc1c(-c2csc3ccccc23)[nH]c2c(Cl)cc(Br)cc12. The number of nitrogens with one attached hydrogen (secondary N) is 1. The van der Waals surface area contributed by atoms with Gasteiger partial charge in [-0.3, -0.25) is 0 Å². The van der Waals surface area contributed by atoms with Gasteiger partial charge < -0.3 is 10.7 Å². The van der Waals surface area contributed by atoms with Crippen molar-refractivity contribution in [2.45, 2.75) is 19.3 Å². The van der Waals surface area contributed by atoms with Crippen LogP contribution in [0.25, 0.3) is 32.2 Å². The second-order valence-electron chi connectivity index (χ2n) is 6.18. The molecule has 0 unspecified atom stereocenters. The average molecular weight is 434 g/mol. The molecule has 0 saturated carbocycles. The molecule has 2 aromatic heterocycles. The Morgan fingerprint density at radius 3 is 2.80 bits per heavy atom. The summed E-state index contributed by atoms with van der Waals surface area (Å²) in [6, 6.07) is 12.6. The lowest BCUT2D eigenvalue weighted by atomic mass is 10.00. The Balaban J connectivity index is 1.95. The number of aromatic nitrogens is 1. The molecule has 2 nitrogen and oxygen atoms in total. The molecular weight excluding hydrogens is 416 g/mol. The standard InChI is InChI=1S/C20H18BrClN2S/c21-12-9-15-14(6-3-4-8-23)19(24-20(15)17(22)10-12)16-11-25-18-7-2-1-5-13(16)18/h1-2,5,7,9-11,24H,3-4,6,8,23H2. The Labute approximate surface area is 164 Å². The zero-order valence-electron chi connectivity index (χ0n) is 13.6. The maximum Gasteiger partial charge on any atom is 0.0658 e. The Morgan fingerprint density at radius 1 is 1.12 bits per heavy atom. The first-order valence-corrected chi connectivity index (χ1v) is 10.4. The molecule has 0 fully saturated rings. The van der Waals surface area contributed by atoms with Crippen molar-refractivity contribution in [3.05, 3.63) is 56.8 Å². The second kappa shape index (κ2) is 7.12. The van der Waals surface area contributed by atoms with Gasteiger partial charge in [0.25, 0.3) is 0 Å². The summed E-state index contributed by atoms with van der Waals surface area (Å²) in [7, 11) is 0. The van der Waals surface area contributed by atoms with Crippen LogP contribution in [0.5, 0.6) is 0 Å². The molecule has 0 atom stereocenters. The van der Waals surface area contributed by atoms with Gasteiger partial charge in [-0.25, -0.2) is 0 Å². The molecule has 0 amide bonds. The average Bonchev–Trinajstić information content (AvgIpc) is 3.17. The van der Waals surface area contributed by atoms with Crippen LogP contribution in [0.15, 0.2) is 46.3 Å². The van der Waals surface area contributed by atoms with E-state index in [1.54, 1.807) is 11.3 Å². The van der Waals surface area contributed by atoms with Gasteiger partial charge in [0.15, 0.2) is 0 Å². The first-order valence-electron chi connectivity index (χ1n) is 8.35. The molecule has 4 aromatic rings. The zero-order chi connectivity index (χ0) is 17.4. The fourth-order valence-corrected chi connectivity index (χ4v) is 5.19. The molecule has 0 aliphatic carbocycles.